The topological polar surface area (TPSA) is 9.23 Å². The van der Waals surface area contributed by atoms with Crippen molar-refractivity contribution < 1.29 is 4.74 Å². The fraction of sp³-hybridized carbons (Fsp3) is 1.00. The van der Waals surface area contributed by atoms with Crippen LogP contribution in [-0.2, 0) is 4.74 Å². The molecule has 0 aromatic heterocycles. The molecule has 13 heavy (non-hydrogen) atoms. The molecule has 1 atom stereocenters. The fourth-order valence-corrected chi connectivity index (χ4v) is 2.97. The summed E-state index contributed by atoms with van der Waals surface area (Å²) in [5, 5.41) is 0. The van der Waals surface area contributed by atoms with Gasteiger partial charge in [-0.1, -0.05) is 27.7 Å². The van der Waals surface area contributed by atoms with Crippen molar-refractivity contribution in [3.63, 3.8) is 0 Å². The van der Waals surface area contributed by atoms with E-state index >= 15 is 0 Å². The van der Waals surface area contributed by atoms with Crippen LogP contribution in [0.3, 0.4) is 0 Å². The summed E-state index contributed by atoms with van der Waals surface area (Å²) >= 11 is 0. The van der Waals surface area contributed by atoms with Crippen molar-refractivity contribution in [2.45, 2.75) is 53.1 Å². The zero-order chi connectivity index (χ0) is 10.1. The van der Waals surface area contributed by atoms with Crippen molar-refractivity contribution in [3.8, 4) is 0 Å². The smallest absolute Gasteiger partial charge is 0.0577 e. The van der Waals surface area contributed by atoms with Gasteiger partial charge in [-0.15, -0.1) is 0 Å². The van der Waals surface area contributed by atoms with E-state index < -0.39 is 0 Å². The van der Waals surface area contributed by atoms with Gasteiger partial charge in [-0.25, -0.2) is 0 Å². The van der Waals surface area contributed by atoms with Gasteiger partial charge in [-0.2, -0.15) is 0 Å². The maximum Gasteiger partial charge on any atom is 0.0577 e. The van der Waals surface area contributed by atoms with E-state index in [0.29, 0.717) is 11.5 Å². The molecular weight excluding hydrogens is 160 g/mol. The third-order valence-corrected chi connectivity index (χ3v) is 4.17. The molecule has 0 saturated heterocycles. The number of methoxy groups -OCH3 is 1. The Labute approximate surface area is 82.9 Å². The van der Waals surface area contributed by atoms with E-state index in [1.807, 2.05) is 7.11 Å². The number of hydrogen-bond donors (Lipinski definition) is 0. The molecule has 0 N–H and O–H groups in total. The predicted octanol–water partition coefficient (Wildman–Crippen LogP) is 3.48. The average molecular weight is 184 g/mol. The van der Waals surface area contributed by atoms with Gasteiger partial charge in [0.25, 0.3) is 0 Å². The lowest BCUT2D eigenvalue weighted by molar-refractivity contribution is 0.0619. The van der Waals surface area contributed by atoms with Crippen LogP contribution in [0.5, 0.6) is 0 Å². The third kappa shape index (κ3) is 1.90. The maximum atomic E-state index is 5.47. The van der Waals surface area contributed by atoms with Crippen molar-refractivity contribution >= 4 is 0 Å². The van der Waals surface area contributed by atoms with Crippen molar-refractivity contribution in [2.75, 3.05) is 7.11 Å². The first-order chi connectivity index (χ1) is 6.03. The molecule has 1 aliphatic carbocycles. The van der Waals surface area contributed by atoms with Gasteiger partial charge in [0, 0.05) is 7.11 Å². The van der Waals surface area contributed by atoms with E-state index in [1.54, 1.807) is 0 Å². The summed E-state index contributed by atoms with van der Waals surface area (Å²) in [6.07, 6.45) is 4.39. The zero-order valence-electron chi connectivity index (χ0n) is 9.76. The number of hydrogen-bond acceptors (Lipinski definition) is 1. The number of rotatable bonds is 3. The quantitative estimate of drug-likeness (QED) is 0.652. The molecule has 0 bridgehead atoms. The monoisotopic (exact) mass is 184 g/mol. The minimum Gasteiger partial charge on any atom is -0.381 e. The standard InChI is InChI=1S/C12H24O/c1-9(2)12(10(3)4)7-6-11(8-12)13-5/h9-11H,6-8H2,1-5H3/t11-/m0/s1. The highest BCUT2D eigenvalue weighted by molar-refractivity contribution is 4.93. The van der Waals surface area contributed by atoms with Crippen LogP contribution in [0.25, 0.3) is 0 Å². The summed E-state index contributed by atoms with van der Waals surface area (Å²) in [6, 6.07) is 0. The first-order valence-corrected chi connectivity index (χ1v) is 5.55. The Morgan fingerprint density at radius 3 is 1.92 bits per heavy atom. The lowest BCUT2D eigenvalue weighted by Crippen LogP contribution is -2.31. The molecule has 1 fully saturated rings. The summed E-state index contributed by atoms with van der Waals surface area (Å²) in [4.78, 5) is 0. The van der Waals surface area contributed by atoms with Crippen molar-refractivity contribution in [3.05, 3.63) is 0 Å². The summed E-state index contributed by atoms with van der Waals surface area (Å²) in [5.41, 5.74) is 0.542. The van der Waals surface area contributed by atoms with E-state index in [9.17, 15) is 0 Å². The van der Waals surface area contributed by atoms with Crippen LogP contribution in [0.1, 0.15) is 47.0 Å². The van der Waals surface area contributed by atoms with Crippen LogP contribution in [0, 0.1) is 17.3 Å². The van der Waals surface area contributed by atoms with Crippen molar-refractivity contribution in [1.82, 2.24) is 0 Å². The molecule has 1 aliphatic rings. The molecular formula is C12H24O. The Kier molecular flexibility index (Phi) is 3.39. The van der Waals surface area contributed by atoms with Gasteiger partial charge >= 0.3 is 0 Å². The molecule has 0 heterocycles. The molecule has 1 nitrogen and oxygen atoms in total. The summed E-state index contributed by atoms with van der Waals surface area (Å²) in [7, 11) is 1.85. The Hall–Kier alpha value is -0.0400. The molecule has 1 heteroatoms. The molecule has 0 aliphatic heterocycles. The minimum atomic E-state index is 0.518. The lowest BCUT2D eigenvalue weighted by Gasteiger charge is -2.38. The second-order valence-electron chi connectivity index (χ2n) is 5.14. The first kappa shape index (κ1) is 11.0. The normalized spacial score (nSPS) is 27.5. The van der Waals surface area contributed by atoms with Gasteiger partial charge in [-0.3, -0.25) is 0 Å². The van der Waals surface area contributed by atoms with E-state index in [4.69, 9.17) is 4.74 Å². The fourth-order valence-electron chi connectivity index (χ4n) is 2.97. The van der Waals surface area contributed by atoms with Crippen LogP contribution in [0.15, 0.2) is 0 Å². The van der Waals surface area contributed by atoms with Crippen LogP contribution in [0.2, 0.25) is 0 Å². The zero-order valence-corrected chi connectivity index (χ0v) is 9.76. The summed E-state index contributed by atoms with van der Waals surface area (Å²) < 4.78 is 5.47. The van der Waals surface area contributed by atoms with Crippen LogP contribution < -0.4 is 0 Å². The molecule has 78 valence electrons. The molecule has 0 spiro atoms. The second kappa shape index (κ2) is 4.00. The van der Waals surface area contributed by atoms with Gasteiger partial charge in [0.2, 0.25) is 0 Å². The Balaban J connectivity index is 2.72. The van der Waals surface area contributed by atoms with Crippen LogP contribution in [0.4, 0.5) is 0 Å². The van der Waals surface area contributed by atoms with Gasteiger partial charge in [0.1, 0.15) is 0 Å². The molecule has 0 amide bonds. The highest BCUT2D eigenvalue weighted by Gasteiger charge is 2.43. The Morgan fingerprint density at radius 1 is 1.15 bits per heavy atom. The van der Waals surface area contributed by atoms with E-state index in [-0.39, 0.29) is 0 Å². The van der Waals surface area contributed by atoms with Gasteiger partial charge in [0.05, 0.1) is 6.10 Å². The SMILES string of the molecule is CO[C@H]1CCC(C(C)C)(C(C)C)C1. The van der Waals surface area contributed by atoms with Crippen molar-refractivity contribution in [1.29, 1.82) is 0 Å². The maximum absolute atomic E-state index is 5.47. The average Bonchev–Trinajstić information content (AvgIpc) is 2.48. The molecule has 0 aromatic carbocycles. The Bertz CT molecular complexity index is 153. The molecule has 0 radical (unpaired) electrons. The molecule has 1 saturated carbocycles. The van der Waals surface area contributed by atoms with Crippen molar-refractivity contribution in [2.24, 2.45) is 17.3 Å². The van der Waals surface area contributed by atoms with E-state index in [2.05, 4.69) is 27.7 Å². The highest BCUT2D eigenvalue weighted by atomic mass is 16.5. The molecule has 0 unspecified atom stereocenters. The van der Waals surface area contributed by atoms with E-state index in [0.717, 1.165) is 11.8 Å². The first-order valence-electron chi connectivity index (χ1n) is 5.55. The van der Waals surface area contributed by atoms with Gasteiger partial charge < -0.3 is 4.74 Å². The summed E-state index contributed by atoms with van der Waals surface area (Å²) in [6.45, 7) is 9.44. The molecule has 0 aromatic rings. The second-order valence-corrected chi connectivity index (χ2v) is 5.14. The van der Waals surface area contributed by atoms with Gasteiger partial charge in [-0.05, 0) is 36.5 Å². The minimum absolute atomic E-state index is 0.518. The highest BCUT2D eigenvalue weighted by Crippen LogP contribution is 2.50. The van der Waals surface area contributed by atoms with E-state index in [1.165, 1.54) is 19.3 Å². The van der Waals surface area contributed by atoms with Gasteiger partial charge in [0.15, 0.2) is 0 Å². The predicted molar refractivity (Wildman–Crippen MR) is 56.8 cm³/mol. The summed E-state index contributed by atoms with van der Waals surface area (Å²) in [5.74, 6) is 1.57. The lowest BCUT2D eigenvalue weighted by atomic mass is 9.68. The Morgan fingerprint density at radius 2 is 1.69 bits per heavy atom. The third-order valence-electron chi connectivity index (χ3n) is 4.17. The molecule has 1 rings (SSSR count). The largest absolute Gasteiger partial charge is 0.381 e. The van der Waals surface area contributed by atoms with Crippen LogP contribution >= 0.6 is 0 Å². The van der Waals surface area contributed by atoms with Crippen LogP contribution in [-0.4, -0.2) is 13.2 Å². The number of ether oxygens (including phenoxy) is 1.